The number of hydrogen-bond donors (Lipinski definition) is 0. The van der Waals surface area contributed by atoms with Gasteiger partial charge in [-0.05, 0) is 78.9 Å². The third-order valence-corrected chi connectivity index (χ3v) is 11.0. The summed E-state index contributed by atoms with van der Waals surface area (Å²) in [6.07, 6.45) is 3.85. The van der Waals surface area contributed by atoms with Gasteiger partial charge in [-0.1, -0.05) is 129 Å². The standard InChI is InChI=1S/C49H43N5/c1-32-28-33(2)44(34(3)29-32)45-46(35-16-9-7-10-17-35)51-54(47(45)36-18-11-8-12-19-36)39-24-25-41-43(31-39)53(42-23-14-13-22-40(42)49(41,4)5)38-21-15-20-37(30-38)48-50-26-27-52(48)6/h7-31H,1-6H3. The summed E-state index contributed by atoms with van der Waals surface area (Å²) in [6, 6.07) is 50.4. The second kappa shape index (κ2) is 12.9. The summed E-state index contributed by atoms with van der Waals surface area (Å²) in [4.78, 5) is 7.11. The number of imidazole rings is 1. The lowest BCUT2D eigenvalue weighted by Gasteiger charge is -2.42. The lowest BCUT2D eigenvalue weighted by molar-refractivity contribution is 0.631. The van der Waals surface area contributed by atoms with Gasteiger partial charge in [-0.15, -0.1) is 0 Å². The van der Waals surface area contributed by atoms with Crippen LogP contribution in [-0.4, -0.2) is 19.3 Å². The molecule has 0 atom stereocenters. The van der Waals surface area contributed by atoms with Gasteiger partial charge < -0.3 is 9.47 Å². The van der Waals surface area contributed by atoms with Crippen molar-refractivity contribution in [3.63, 3.8) is 0 Å². The smallest absolute Gasteiger partial charge is 0.139 e. The molecule has 6 aromatic carbocycles. The molecule has 2 aromatic heterocycles. The second-order valence-electron chi connectivity index (χ2n) is 15.1. The lowest BCUT2D eigenvalue weighted by atomic mass is 9.73. The van der Waals surface area contributed by atoms with E-state index in [0.717, 1.165) is 56.5 Å². The van der Waals surface area contributed by atoms with E-state index in [2.05, 4.69) is 193 Å². The minimum atomic E-state index is -0.235. The van der Waals surface area contributed by atoms with E-state index in [1.807, 2.05) is 19.4 Å². The first-order valence-electron chi connectivity index (χ1n) is 18.6. The highest BCUT2D eigenvalue weighted by atomic mass is 15.3. The second-order valence-corrected chi connectivity index (χ2v) is 15.1. The molecule has 0 saturated heterocycles. The Labute approximate surface area is 317 Å². The van der Waals surface area contributed by atoms with Crippen molar-refractivity contribution >= 4 is 17.1 Å². The van der Waals surface area contributed by atoms with Crippen molar-refractivity contribution in [2.75, 3.05) is 4.90 Å². The number of aryl methyl sites for hydroxylation is 4. The quantitative estimate of drug-likeness (QED) is 0.173. The Kier molecular flexibility index (Phi) is 7.97. The highest BCUT2D eigenvalue weighted by Crippen LogP contribution is 2.53. The van der Waals surface area contributed by atoms with Gasteiger partial charge in [0.25, 0.3) is 0 Å². The zero-order chi connectivity index (χ0) is 37.1. The summed E-state index contributed by atoms with van der Waals surface area (Å²) in [5.74, 6) is 0.933. The fourth-order valence-corrected chi connectivity index (χ4v) is 8.62. The van der Waals surface area contributed by atoms with Crippen molar-refractivity contribution in [1.29, 1.82) is 0 Å². The maximum Gasteiger partial charge on any atom is 0.139 e. The van der Waals surface area contributed by atoms with Crippen LogP contribution in [-0.2, 0) is 12.5 Å². The van der Waals surface area contributed by atoms with Gasteiger partial charge in [-0.25, -0.2) is 9.67 Å². The average molecular weight is 702 g/mol. The number of aromatic nitrogens is 4. The molecule has 8 aromatic rings. The third-order valence-electron chi connectivity index (χ3n) is 11.0. The normalized spacial score (nSPS) is 13.1. The number of nitrogens with zero attached hydrogens (tertiary/aromatic N) is 5. The molecule has 0 bridgehead atoms. The lowest BCUT2D eigenvalue weighted by Crippen LogP contribution is -2.30. The Bertz CT molecular complexity index is 2660. The first-order valence-corrected chi connectivity index (χ1v) is 18.6. The molecule has 0 saturated carbocycles. The van der Waals surface area contributed by atoms with E-state index < -0.39 is 0 Å². The van der Waals surface area contributed by atoms with Crippen molar-refractivity contribution < 1.29 is 0 Å². The first-order chi connectivity index (χ1) is 26.2. The molecule has 9 rings (SSSR count). The monoisotopic (exact) mass is 701 g/mol. The molecular weight excluding hydrogens is 659 g/mol. The minimum Gasteiger partial charge on any atom is -0.334 e. The van der Waals surface area contributed by atoms with E-state index in [1.54, 1.807) is 0 Å². The molecule has 1 aliphatic rings. The van der Waals surface area contributed by atoms with Crippen LogP contribution >= 0.6 is 0 Å². The van der Waals surface area contributed by atoms with E-state index in [4.69, 9.17) is 5.10 Å². The van der Waals surface area contributed by atoms with Crippen molar-refractivity contribution in [1.82, 2.24) is 19.3 Å². The topological polar surface area (TPSA) is 38.9 Å². The fraction of sp³-hybridized carbons (Fsp3) is 0.143. The minimum absolute atomic E-state index is 0.235. The molecule has 264 valence electrons. The molecule has 0 aliphatic carbocycles. The number of rotatable bonds is 6. The zero-order valence-electron chi connectivity index (χ0n) is 31.7. The molecule has 0 N–H and O–H groups in total. The summed E-state index contributed by atoms with van der Waals surface area (Å²) in [5.41, 5.74) is 18.1. The van der Waals surface area contributed by atoms with Crippen molar-refractivity contribution in [3.8, 4) is 50.7 Å². The average Bonchev–Trinajstić information content (AvgIpc) is 3.79. The van der Waals surface area contributed by atoms with Gasteiger partial charge in [0.15, 0.2) is 0 Å². The summed E-state index contributed by atoms with van der Waals surface area (Å²) in [7, 11) is 2.04. The molecule has 0 radical (unpaired) electrons. The van der Waals surface area contributed by atoms with Gasteiger partial charge in [0.1, 0.15) is 11.5 Å². The van der Waals surface area contributed by atoms with Crippen LogP contribution < -0.4 is 4.90 Å². The molecule has 0 fully saturated rings. The number of hydrogen-bond acceptors (Lipinski definition) is 3. The van der Waals surface area contributed by atoms with E-state index in [0.29, 0.717) is 0 Å². The van der Waals surface area contributed by atoms with E-state index in [9.17, 15) is 0 Å². The third kappa shape index (κ3) is 5.38. The number of anilines is 3. The molecule has 0 spiro atoms. The number of benzene rings is 6. The van der Waals surface area contributed by atoms with Gasteiger partial charge in [0, 0.05) is 52.8 Å². The maximum absolute atomic E-state index is 5.58. The van der Waals surface area contributed by atoms with Crippen molar-refractivity contribution in [2.45, 2.75) is 40.0 Å². The van der Waals surface area contributed by atoms with Crippen molar-refractivity contribution in [3.05, 3.63) is 180 Å². The number of para-hydroxylation sites is 1. The summed E-state index contributed by atoms with van der Waals surface area (Å²) >= 11 is 0. The van der Waals surface area contributed by atoms with Gasteiger partial charge in [-0.3, -0.25) is 0 Å². The van der Waals surface area contributed by atoms with Gasteiger partial charge in [0.05, 0.1) is 22.8 Å². The summed E-state index contributed by atoms with van der Waals surface area (Å²) in [6.45, 7) is 11.3. The Morgan fingerprint density at radius 2 is 1.20 bits per heavy atom. The highest BCUT2D eigenvalue weighted by Gasteiger charge is 2.37. The molecule has 54 heavy (non-hydrogen) atoms. The van der Waals surface area contributed by atoms with Gasteiger partial charge in [-0.2, -0.15) is 5.10 Å². The number of fused-ring (bicyclic) bond motifs is 2. The molecule has 5 nitrogen and oxygen atoms in total. The zero-order valence-corrected chi connectivity index (χ0v) is 31.7. The van der Waals surface area contributed by atoms with Gasteiger partial charge in [0.2, 0.25) is 0 Å². The van der Waals surface area contributed by atoms with E-state index >= 15 is 0 Å². The Morgan fingerprint density at radius 1 is 0.556 bits per heavy atom. The predicted octanol–water partition coefficient (Wildman–Crippen LogP) is 12.3. The summed E-state index contributed by atoms with van der Waals surface area (Å²) < 4.78 is 4.25. The fourth-order valence-electron chi connectivity index (χ4n) is 8.62. The summed E-state index contributed by atoms with van der Waals surface area (Å²) in [5, 5.41) is 5.58. The maximum atomic E-state index is 5.58. The van der Waals surface area contributed by atoms with Crippen LogP contribution in [0.3, 0.4) is 0 Å². The van der Waals surface area contributed by atoms with Crippen molar-refractivity contribution in [2.24, 2.45) is 7.05 Å². The highest BCUT2D eigenvalue weighted by molar-refractivity contribution is 5.95. The first kappa shape index (κ1) is 33.4. The van der Waals surface area contributed by atoms with E-state index in [1.165, 1.54) is 39.1 Å². The molecule has 5 heteroatoms. The van der Waals surface area contributed by atoms with Crippen LogP contribution in [0.1, 0.15) is 41.7 Å². The Balaban J connectivity index is 1.34. The van der Waals surface area contributed by atoms with Crippen LogP contribution in [0.2, 0.25) is 0 Å². The Hall–Kier alpha value is -6.46. The molecular formula is C49H43N5. The van der Waals surface area contributed by atoms with Crippen LogP contribution in [0.15, 0.2) is 152 Å². The van der Waals surface area contributed by atoms with E-state index in [-0.39, 0.29) is 5.41 Å². The van der Waals surface area contributed by atoms with Crippen LogP contribution in [0.5, 0.6) is 0 Å². The Morgan fingerprint density at radius 3 is 1.91 bits per heavy atom. The predicted molar refractivity (Wildman–Crippen MR) is 223 cm³/mol. The van der Waals surface area contributed by atoms with Crippen LogP contribution in [0.25, 0.3) is 50.7 Å². The molecule has 1 aliphatic heterocycles. The SMILES string of the molecule is Cc1cc(C)c(-c2c(-c3ccccc3)nn(-c3ccc4c(c3)N(c3cccc(-c5nccn5C)c3)c3ccccc3C4(C)C)c2-c2ccccc2)c(C)c1. The molecule has 0 amide bonds. The van der Waals surface area contributed by atoms with Gasteiger partial charge >= 0.3 is 0 Å². The van der Waals surface area contributed by atoms with Crippen LogP contribution in [0.4, 0.5) is 17.1 Å². The van der Waals surface area contributed by atoms with Crippen LogP contribution in [0, 0.1) is 20.8 Å². The molecule has 0 unspecified atom stereocenters. The largest absolute Gasteiger partial charge is 0.334 e. The molecule has 3 heterocycles.